The summed E-state index contributed by atoms with van der Waals surface area (Å²) in [6.07, 6.45) is 1.49. The van der Waals surface area contributed by atoms with Crippen molar-refractivity contribution in [1.82, 2.24) is 9.55 Å². The number of carbonyl (C=O) groups excluding carboxylic acids is 1. The van der Waals surface area contributed by atoms with Crippen LogP contribution in [0.4, 0.5) is 5.69 Å². The summed E-state index contributed by atoms with van der Waals surface area (Å²) < 4.78 is 12.4. The van der Waals surface area contributed by atoms with Gasteiger partial charge in [0.05, 0.1) is 16.3 Å². The maximum Gasteiger partial charge on any atom is 0.268 e. The van der Waals surface area contributed by atoms with Crippen LogP contribution in [0, 0.1) is 0 Å². The third kappa shape index (κ3) is 4.89. The molecule has 33 heavy (non-hydrogen) atoms. The van der Waals surface area contributed by atoms with Crippen molar-refractivity contribution < 1.29 is 14.3 Å². The molecule has 0 radical (unpaired) electrons. The highest BCUT2D eigenvalue weighted by atomic mass is 32.2. The van der Waals surface area contributed by atoms with Gasteiger partial charge in [-0.05, 0) is 24.1 Å². The van der Waals surface area contributed by atoms with E-state index in [1.54, 1.807) is 34.5 Å². The molecule has 3 aromatic rings. The molecule has 1 atom stereocenters. The van der Waals surface area contributed by atoms with E-state index in [1.165, 1.54) is 11.8 Å². The first-order valence-corrected chi connectivity index (χ1v) is 12.6. The maximum absolute atomic E-state index is 13.3. The second-order valence-electron chi connectivity index (χ2n) is 7.90. The summed E-state index contributed by atoms with van der Waals surface area (Å²) in [4.78, 5) is 31.4. The quantitative estimate of drug-likeness (QED) is 0.404. The summed E-state index contributed by atoms with van der Waals surface area (Å²) in [5.41, 5.74) is 2.62. The molecule has 7 nitrogen and oxygen atoms in total. The van der Waals surface area contributed by atoms with Crippen molar-refractivity contribution in [3.05, 3.63) is 70.1 Å². The van der Waals surface area contributed by atoms with Gasteiger partial charge in [0.25, 0.3) is 5.56 Å². The van der Waals surface area contributed by atoms with Gasteiger partial charge >= 0.3 is 0 Å². The molecule has 170 valence electrons. The monoisotopic (exact) mass is 481 g/mol. The number of hydrogen-bond donors (Lipinski definition) is 1. The largest absolute Gasteiger partial charge is 0.454 e. The molecular formula is C24H23N3O4S2. The van der Waals surface area contributed by atoms with Gasteiger partial charge in [0.2, 0.25) is 12.7 Å². The van der Waals surface area contributed by atoms with Crippen LogP contribution >= 0.6 is 23.5 Å². The van der Waals surface area contributed by atoms with Crippen molar-refractivity contribution >= 4 is 35.1 Å². The average molecular weight is 482 g/mol. The summed E-state index contributed by atoms with van der Waals surface area (Å²) in [6.45, 7) is 2.81. The van der Waals surface area contributed by atoms with E-state index in [-0.39, 0.29) is 24.0 Å². The lowest BCUT2D eigenvalue weighted by atomic mass is 10.1. The predicted molar refractivity (Wildman–Crippen MR) is 130 cm³/mol. The van der Waals surface area contributed by atoms with Crippen LogP contribution in [0.3, 0.4) is 0 Å². The Morgan fingerprint density at radius 1 is 1.21 bits per heavy atom. The normalized spacial score (nSPS) is 16.0. The van der Waals surface area contributed by atoms with E-state index in [0.717, 1.165) is 29.0 Å². The molecule has 1 amide bonds. The van der Waals surface area contributed by atoms with Crippen molar-refractivity contribution in [2.24, 2.45) is 0 Å². The van der Waals surface area contributed by atoms with Gasteiger partial charge in [-0.1, -0.05) is 49.0 Å². The fourth-order valence-corrected chi connectivity index (χ4v) is 5.78. The third-order valence-corrected chi connectivity index (χ3v) is 7.61. The fraction of sp³-hybridized carbons (Fsp3) is 0.292. The summed E-state index contributed by atoms with van der Waals surface area (Å²) in [7, 11) is 0. The molecule has 0 unspecified atom stereocenters. The lowest BCUT2D eigenvalue weighted by Crippen LogP contribution is -2.27. The number of hydrogen-bond acceptors (Lipinski definition) is 7. The number of ether oxygens (including phenoxy) is 2. The van der Waals surface area contributed by atoms with E-state index in [2.05, 4.69) is 12.2 Å². The number of nitrogens with zero attached hydrogens (tertiary/aromatic N) is 2. The minimum atomic E-state index is -0.175. The third-order valence-electron chi connectivity index (χ3n) is 5.42. The van der Waals surface area contributed by atoms with Crippen molar-refractivity contribution in [2.45, 2.75) is 41.6 Å². The Kier molecular flexibility index (Phi) is 6.32. The van der Waals surface area contributed by atoms with E-state index >= 15 is 0 Å². The highest BCUT2D eigenvalue weighted by Crippen LogP contribution is 2.35. The molecular weight excluding hydrogens is 458 g/mol. The van der Waals surface area contributed by atoms with Crippen molar-refractivity contribution in [2.75, 3.05) is 17.9 Å². The number of carbonyl (C=O) groups is 1. The maximum atomic E-state index is 13.3. The van der Waals surface area contributed by atoms with Crippen LogP contribution in [0.15, 0.2) is 63.4 Å². The van der Waals surface area contributed by atoms with Crippen molar-refractivity contribution in [3.8, 4) is 11.5 Å². The van der Waals surface area contributed by atoms with E-state index in [0.29, 0.717) is 34.1 Å². The lowest BCUT2D eigenvalue weighted by molar-refractivity contribution is -0.113. The second kappa shape index (κ2) is 9.52. The molecule has 1 aromatic heterocycles. The minimum absolute atomic E-state index is 0.0102. The van der Waals surface area contributed by atoms with Crippen LogP contribution in [-0.2, 0) is 24.2 Å². The summed E-state index contributed by atoms with van der Waals surface area (Å²) in [5, 5.41) is 3.80. The van der Waals surface area contributed by atoms with Gasteiger partial charge in [0.1, 0.15) is 0 Å². The Balaban J connectivity index is 1.32. The number of benzene rings is 2. The molecule has 9 heteroatoms. The van der Waals surface area contributed by atoms with Crippen LogP contribution in [0.2, 0.25) is 0 Å². The van der Waals surface area contributed by atoms with Gasteiger partial charge in [-0.2, -0.15) is 0 Å². The average Bonchev–Trinajstić information content (AvgIpc) is 3.43. The highest BCUT2D eigenvalue weighted by Gasteiger charge is 2.26. The molecule has 2 aliphatic rings. The molecule has 0 saturated carbocycles. The summed E-state index contributed by atoms with van der Waals surface area (Å²) in [5.74, 6) is 1.25. The second-order valence-corrected chi connectivity index (χ2v) is 10.3. The molecule has 0 spiro atoms. The number of rotatable bonds is 7. The molecule has 5 rings (SSSR count). The smallest absolute Gasteiger partial charge is 0.268 e. The highest BCUT2D eigenvalue weighted by molar-refractivity contribution is 8.00. The SMILES string of the molecule is C[C@H]1Cc2nc(SCC(=O)Nc3ccc4c(c3)OCO4)n(CCc3ccccc3)c(=O)c2S1. The summed E-state index contributed by atoms with van der Waals surface area (Å²) in [6, 6.07) is 15.4. The van der Waals surface area contributed by atoms with Gasteiger partial charge in [-0.15, -0.1) is 11.8 Å². The first-order valence-electron chi connectivity index (χ1n) is 10.7. The minimum Gasteiger partial charge on any atom is -0.454 e. The Hall–Kier alpha value is -2.91. The Morgan fingerprint density at radius 2 is 2.03 bits per heavy atom. The van der Waals surface area contributed by atoms with Crippen molar-refractivity contribution in [1.29, 1.82) is 0 Å². The molecule has 1 N–H and O–H groups in total. The first kappa shape index (κ1) is 21.9. The van der Waals surface area contributed by atoms with Crippen LogP contribution in [-0.4, -0.2) is 33.3 Å². The number of anilines is 1. The standard InChI is InChI=1S/C24H23N3O4S2/c1-15-11-18-22(33-15)23(29)27(10-9-16-5-3-2-4-6-16)24(26-18)32-13-21(28)25-17-7-8-19-20(12-17)31-14-30-19/h2-8,12,15H,9-11,13-14H2,1H3,(H,25,28)/t15-/m0/s1. The van der Waals surface area contributed by atoms with Gasteiger partial charge in [-0.25, -0.2) is 4.98 Å². The molecule has 0 fully saturated rings. The zero-order chi connectivity index (χ0) is 22.8. The van der Waals surface area contributed by atoms with Gasteiger partial charge in [-0.3, -0.25) is 14.2 Å². The van der Waals surface area contributed by atoms with E-state index in [9.17, 15) is 9.59 Å². The molecule has 3 heterocycles. The van der Waals surface area contributed by atoms with Crippen LogP contribution in [0.1, 0.15) is 18.2 Å². The molecule has 0 aliphatic carbocycles. The van der Waals surface area contributed by atoms with E-state index in [1.807, 2.05) is 30.3 Å². The van der Waals surface area contributed by atoms with E-state index in [4.69, 9.17) is 14.5 Å². The van der Waals surface area contributed by atoms with Crippen LogP contribution in [0.25, 0.3) is 0 Å². The molecule has 2 aromatic carbocycles. The van der Waals surface area contributed by atoms with E-state index < -0.39 is 0 Å². The lowest BCUT2D eigenvalue weighted by Gasteiger charge is -2.14. The Bertz CT molecular complexity index is 1250. The fourth-order valence-electron chi connectivity index (χ4n) is 3.83. The zero-order valence-electron chi connectivity index (χ0n) is 18.1. The summed E-state index contributed by atoms with van der Waals surface area (Å²) >= 11 is 2.88. The first-order chi connectivity index (χ1) is 16.1. The van der Waals surface area contributed by atoms with Crippen LogP contribution in [0.5, 0.6) is 11.5 Å². The number of amides is 1. The topological polar surface area (TPSA) is 82.4 Å². The Labute approximate surface area is 199 Å². The Morgan fingerprint density at radius 3 is 2.88 bits per heavy atom. The molecule has 0 saturated heterocycles. The number of aryl methyl sites for hydroxylation is 1. The zero-order valence-corrected chi connectivity index (χ0v) is 19.7. The molecule has 0 bridgehead atoms. The number of fused-ring (bicyclic) bond motifs is 2. The van der Waals surface area contributed by atoms with Gasteiger partial charge in [0, 0.05) is 30.0 Å². The van der Waals surface area contributed by atoms with Gasteiger partial charge in [0.15, 0.2) is 16.7 Å². The van der Waals surface area contributed by atoms with Gasteiger partial charge < -0.3 is 14.8 Å². The van der Waals surface area contributed by atoms with Crippen molar-refractivity contribution in [3.63, 3.8) is 0 Å². The molecule has 2 aliphatic heterocycles. The number of aromatic nitrogens is 2. The predicted octanol–water partition coefficient (Wildman–Crippen LogP) is 3.98. The number of nitrogens with one attached hydrogen (secondary N) is 1. The van der Waals surface area contributed by atoms with Crippen LogP contribution < -0.4 is 20.3 Å². The number of thioether (sulfide) groups is 2.